The van der Waals surface area contributed by atoms with Crippen LogP contribution in [-0.2, 0) is 12.8 Å². The van der Waals surface area contributed by atoms with Gasteiger partial charge in [-0.3, -0.25) is 9.78 Å². The first-order chi connectivity index (χ1) is 9.28. The molecule has 2 nitrogen and oxygen atoms in total. The highest BCUT2D eigenvalue weighted by atomic mass is 16.1. The number of aryl methyl sites for hydroxylation is 1. The highest BCUT2D eigenvalue weighted by Crippen LogP contribution is 2.26. The molecule has 0 aliphatic heterocycles. The number of hydrogen-bond donors (Lipinski definition) is 0. The molecule has 2 heteroatoms. The standard InChI is InChI=1S/C17H15NO/c1-2-12-5-7-13(8-6-12)14-10-16-15(17(19)11-14)4-3-9-18-16/h3-9,11H,2,10H2,1H3. The fourth-order valence-corrected chi connectivity index (χ4v) is 2.41. The average Bonchev–Trinajstić information content (AvgIpc) is 2.47. The summed E-state index contributed by atoms with van der Waals surface area (Å²) in [5.41, 5.74) is 5.09. The summed E-state index contributed by atoms with van der Waals surface area (Å²) in [5.74, 6) is 0.0592. The molecule has 1 aromatic carbocycles. The molecular formula is C17H15NO. The molecule has 0 atom stereocenters. The number of carbonyl (C=O) groups excluding carboxylic acids is 1. The van der Waals surface area contributed by atoms with Crippen molar-refractivity contribution in [1.29, 1.82) is 0 Å². The second-order valence-corrected chi connectivity index (χ2v) is 4.76. The van der Waals surface area contributed by atoms with Crippen molar-refractivity contribution in [3.05, 3.63) is 71.1 Å². The number of pyridine rings is 1. The molecule has 1 aliphatic rings. The van der Waals surface area contributed by atoms with Crippen molar-refractivity contribution < 1.29 is 4.79 Å². The summed E-state index contributed by atoms with van der Waals surface area (Å²) in [7, 11) is 0. The molecule has 0 fully saturated rings. The van der Waals surface area contributed by atoms with E-state index in [1.807, 2.05) is 12.1 Å². The van der Waals surface area contributed by atoms with Gasteiger partial charge in [0.25, 0.3) is 0 Å². The van der Waals surface area contributed by atoms with Crippen molar-refractivity contribution >= 4 is 11.4 Å². The maximum absolute atomic E-state index is 12.1. The van der Waals surface area contributed by atoms with E-state index in [4.69, 9.17) is 0 Å². The molecule has 0 amide bonds. The number of allylic oxidation sites excluding steroid dienone is 2. The minimum absolute atomic E-state index is 0.0592. The van der Waals surface area contributed by atoms with Gasteiger partial charge in [-0.05, 0) is 41.3 Å². The Kier molecular flexibility index (Phi) is 3.00. The number of nitrogens with zero attached hydrogens (tertiary/aromatic N) is 1. The van der Waals surface area contributed by atoms with Gasteiger partial charge in [-0.15, -0.1) is 0 Å². The second kappa shape index (κ2) is 4.81. The number of benzene rings is 1. The lowest BCUT2D eigenvalue weighted by Crippen LogP contribution is -2.10. The van der Waals surface area contributed by atoms with Gasteiger partial charge in [-0.1, -0.05) is 31.2 Å². The number of fused-ring (bicyclic) bond motifs is 1. The summed E-state index contributed by atoms with van der Waals surface area (Å²) in [6.45, 7) is 2.14. The Morgan fingerprint density at radius 3 is 2.68 bits per heavy atom. The van der Waals surface area contributed by atoms with Crippen LogP contribution in [0, 0.1) is 0 Å². The van der Waals surface area contributed by atoms with Crippen LogP contribution in [0.15, 0.2) is 48.7 Å². The van der Waals surface area contributed by atoms with Crippen LogP contribution < -0.4 is 0 Å². The van der Waals surface area contributed by atoms with Gasteiger partial charge in [-0.25, -0.2) is 0 Å². The summed E-state index contributed by atoms with van der Waals surface area (Å²) >= 11 is 0. The Morgan fingerprint density at radius 1 is 1.16 bits per heavy atom. The number of ketones is 1. The van der Waals surface area contributed by atoms with Crippen LogP contribution in [-0.4, -0.2) is 10.8 Å². The molecule has 94 valence electrons. The monoisotopic (exact) mass is 249 g/mol. The van der Waals surface area contributed by atoms with Gasteiger partial charge in [0.15, 0.2) is 5.78 Å². The van der Waals surface area contributed by atoms with E-state index < -0.39 is 0 Å². The molecule has 3 rings (SSSR count). The van der Waals surface area contributed by atoms with Crippen molar-refractivity contribution in [3.8, 4) is 0 Å². The Bertz CT molecular complexity index is 653. The minimum atomic E-state index is 0.0592. The van der Waals surface area contributed by atoms with Crippen molar-refractivity contribution in [3.63, 3.8) is 0 Å². The van der Waals surface area contributed by atoms with Gasteiger partial charge in [0.2, 0.25) is 0 Å². The van der Waals surface area contributed by atoms with E-state index in [0.717, 1.165) is 35.2 Å². The Hall–Kier alpha value is -2.22. The number of hydrogen-bond acceptors (Lipinski definition) is 2. The van der Waals surface area contributed by atoms with Crippen molar-refractivity contribution in [2.75, 3.05) is 0 Å². The summed E-state index contributed by atoms with van der Waals surface area (Å²) < 4.78 is 0. The SMILES string of the molecule is CCc1ccc(C2=CC(=O)c3cccnc3C2)cc1. The predicted molar refractivity (Wildman–Crippen MR) is 76.1 cm³/mol. The van der Waals surface area contributed by atoms with Crippen LogP contribution in [0.1, 0.15) is 34.1 Å². The smallest absolute Gasteiger partial charge is 0.187 e. The number of aromatic nitrogens is 1. The lowest BCUT2D eigenvalue weighted by atomic mass is 9.90. The van der Waals surface area contributed by atoms with Crippen LogP contribution >= 0.6 is 0 Å². The third-order valence-electron chi connectivity index (χ3n) is 3.55. The first-order valence-electron chi connectivity index (χ1n) is 6.56. The molecule has 0 N–H and O–H groups in total. The quantitative estimate of drug-likeness (QED) is 0.815. The zero-order valence-corrected chi connectivity index (χ0v) is 10.9. The zero-order chi connectivity index (χ0) is 13.2. The van der Waals surface area contributed by atoms with E-state index in [-0.39, 0.29) is 5.78 Å². The molecule has 0 radical (unpaired) electrons. The zero-order valence-electron chi connectivity index (χ0n) is 10.9. The largest absolute Gasteiger partial charge is 0.289 e. The summed E-state index contributed by atoms with van der Waals surface area (Å²) in [6, 6.07) is 12.1. The molecule has 0 spiro atoms. The molecule has 19 heavy (non-hydrogen) atoms. The topological polar surface area (TPSA) is 30.0 Å². The van der Waals surface area contributed by atoms with Crippen LogP contribution in [0.5, 0.6) is 0 Å². The summed E-state index contributed by atoms with van der Waals surface area (Å²) in [5, 5.41) is 0. The van der Waals surface area contributed by atoms with Crippen LogP contribution in [0.25, 0.3) is 5.57 Å². The Labute approximate surface area is 112 Å². The molecule has 0 saturated carbocycles. The van der Waals surface area contributed by atoms with Gasteiger partial charge in [0, 0.05) is 18.2 Å². The van der Waals surface area contributed by atoms with E-state index in [1.54, 1.807) is 12.3 Å². The minimum Gasteiger partial charge on any atom is -0.289 e. The lowest BCUT2D eigenvalue weighted by Gasteiger charge is -2.15. The Morgan fingerprint density at radius 2 is 1.95 bits per heavy atom. The lowest BCUT2D eigenvalue weighted by molar-refractivity contribution is 0.104. The fourth-order valence-electron chi connectivity index (χ4n) is 2.41. The molecule has 2 aromatic rings. The highest BCUT2D eigenvalue weighted by Gasteiger charge is 2.19. The van der Waals surface area contributed by atoms with E-state index in [1.165, 1.54) is 5.56 Å². The third-order valence-corrected chi connectivity index (χ3v) is 3.55. The average molecular weight is 249 g/mol. The second-order valence-electron chi connectivity index (χ2n) is 4.76. The molecular weight excluding hydrogens is 234 g/mol. The van der Waals surface area contributed by atoms with Gasteiger partial charge in [-0.2, -0.15) is 0 Å². The number of rotatable bonds is 2. The van der Waals surface area contributed by atoms with Crippen molar-refractivity contribution in [2.45, 2.75) is 19.8 Å². The maximum Gasteiger partial charge on any atom is 0.187 e. The highest BCUT2D eigenvalue weighted by molar-refractivity contribution is 6.11. The van der Waals surface area contributed by atoms with Gasteiger partial charge < -0.3 is 0 Å². The molecule has 0 unspecified atom stereocenters. The Balaban J connectivity index is 1.97. The van der Waals surface area contributed by atoms with E-state index in [2.05, 4.69) is 36.2 Å². The molecule has 0 bridgehead atoms. The fraction of sp³-hybridized carbons (Fsp3) is 0.176. The normalized spacial score (nSPS) is 13.9. The van der Waals surface area contributed by atoms with E-state index in [0.29, 0.717) is 0 Å². The van der Waals surface area contributed by atoms with Gasteiger partial charge in [0.05, 0.1) is 5.69 Å². The molecule has 0 saturated heterocycles. The first-order valence-corrected chi connectivity index (χ1v) is 6.56. The van der Waals surface area contributed by atoms with Crippen molar-refractivity contribution in [2.24, 2.45) is 0 Å². The van der Waals surface area contributed by atoms with E-state index in [9.17, 15) is 4.79 Å². The molecule has 1 aliphatic carbocycles. The van der Waals surface area contributed by atoms with Crippen LogP contribution in [0.4, 0.5) is 0 Å². The summed E-state index contributed by atoms with van der Waals surface area (Å²) in [4.78, 5) is 16.4. The first kappa shape index (κ1) is 11.8. The molecule has 1 heterocycles. The van der Waals surface area contributed by atoms with Crippen molar-refractivity contribution in [1.82, 2.24) is 4.98 Å². The van der Waals surface area contributed by atoms with Crippen LogP contribution in [0.3, 0.4) is 0 Å². The van der Waals surface area contributed by atoms with Gasteiger partial charge in [0.1, 0.15) is 0 Å². The van der Waals surface area contributed by atoms with E-state index >= 15 is 0 Å². The third kappa shape index (κ3) is 2.22. The number of carbonyl (C=O) groups is 1. The molecule has 1 aromatic heterocycles. The van der Waals surface area contributed by atoms with Gasteiger partial charge >= 0.3 is 0 Å². The predicted octanol–water partition coefficient (Wildman–Crippen LogP) is 3.47. The maximum atomic E-state index is 12.1. The summed E-state index contributed by atoms with van der Waals surface area (Å²) in [6.07, 6.45) is 5.25. The van der Waals surface area contributed by atoms with Crippen LogP contribution in [0.2, 0.25) is 0 Å².